The van der Waals surface area contributed by atoms with Crippen molar-refractivity contribution in [3.8, 4) is 5.69 Å². The molecule has 2 aromatic carbocycles. The van der Waals surface area contributed by atoms with Crippen molar-refractivity contribution in [3.63, 3.8) is 0 Å². The molecular weight excluding hydrogens is 589 g/mol. The topological polar surface area (TPSA) is 121 Å². The van der Waals surface area contributed by atoms with Gasteiger partial charge < -0.3 is 15.2 Å². The van der Waals surface area contributed by atoms with E-state index in [2.05, 4.69) is 0 Å². The second-order valence-corrected chi connectivity index (χ2v) is 13.4. The number of esters is 1. The zero-order valence-electron chi connectivity index (χ0n) is 27.5. The fourth-order valence-electron chi connectivity index (χ4n) is 5.50. The third-order valence-corrected chi connectivity index (χ3v) is 7.85. The number of ketones is 1. The molecular formula is C36H44FN3O6. The summed E-state index contributed by atoms with van der Waals surface area (Å²) in [7, 11) is 0. The largest absolute Gasteiger partial charge is 0.461 e. The minimum atomic E-state index is -0.852. The molecule has 1 atom stereocenters. The number of aryl methyl sites for hydroxylation is 1. The van der Waals surface area contributed by atoms with E-state index in [9.17, 15) is 23.6 Å². The van der Waals surface area contributed by atoms with Gasteiger partial charge in [-0.2, -0.15) is 0 Å². The van der Waals surface area contributed by atoms with E-state index in [4.69, 9.17) is 15.2 Å². The van der Waals surface area contributed by atoms with Crippen LogP contribution in [0.3, 0.4) is 0 Å². The lowest BCUT2D eigenvalue weighted by molar-refractivity contribution is -0.156. The number of anilines is 1. The van der Waals surface area contributed by atoms with Gasteiger partial charge in [0.2, 0.25) is 0 Å². The van der Waals surface area contributed by atoms with Crippen LogP contribution in [0.25, 0.3) is 5.69 Å². The standard InChI is InChI=1S/C36H44FN3O6/c1-22(2)17-31(34(43)45-28-9-7-8-10-28)40(35(44)46-36(4,5)6)20-24-11-14-27(15-12-24)39-21-26(19-30(38)33(39)42)32(41)25-13-16-29(37)23(3)18-25/h11-16,18-19,21-22,28,31H,7-10,17,20,38H2,1-6H3/t31-/m0/s1. The summed E-state index contributed by atoms with van der Waals surface area (Å²) in [6.45, 7) is 10.9. The summed E-state index contributed by atoms with van der Waals surface area (Å²) in [6.07, 6.45) is 4.66. The van der Waals surface area contributed by atoms with Crippen LogP contribution in [-0.4, -0.2) is 45.1 Å². The Bertz CT molecular complexity index is 1630. The van der Waals surface area contributed by atoms with Gasteiger partial charge in [0.25, 0.3) is 5.56 Å². The normalized spacial score (nSPS) is 14.3. The third kappa shape index (κ3) is 8.62. The number of pyridine rings is 1. The number of halogens is 1. The van der Waals surface area contributed by atoms with E-state index < -0.39 is 40.9 Å². The molecule has 0 saturated heterocycles. The molecule has 0 unspecified atom stereocenters. The van der Waals surface area contributed by atoms with Crippen LogP contribution in [0, 0.1) is 18.7 Å². The van der Waals surface area contributed by atoms with Gasteiger partial charge in [-0.15, -0.1) is 0 Å². The summed E-state index contributed by atoms with van der Waals surface area (Å²) in [4.78, 5) is 54.7. The predicted octanol–water partition coefficient (Wildman–Crippen LogP) is 6.74. The minimum Gasteiger partial charge on any atom is -0.461 e. The van der Waals surface area contributed by atoms with Crippen molar-refractivity contribution in [3.05, 3.63) is 93.2 Å². The van der Waals surface area contributed by atoms with E-state index in [1.54, 1.807) is 52.0 Å². The van der Waals surface area contributed by atoms with Crippen LogP contribution < -0.4 is 11.3 Å². The van der Waals surface area contributed by atoms with Gasteiger partial charge >= 0.3 is 12.1 Å². The quantitative estimate of drug-likeness (QED) is 0.194. The monoisotopic (exact) mass is 633 g/mol. The van der Waals surface area contributed by atoms with Gasteiger partial charge in [-0.3, -0.25) is 19.1 Å². The van der Waals surface area contributed by atoms with Crippen molar-refractivity contribution in [2.24, 2.45) is 5.92 Å². The minimum absolute atomic E-state index is 0.0613. The highest BCUT2D eigenvalue weighted by Crippen LogP contribution is 2.26. The number of carbonyl (C=O) groups excluding carboxylic acids is 3. The molecule has 1 heterocycles. The predicted molar refractivity (Wildman–Crippen MR) is 174 cm³/mol. The molecule has 1 aliphatic carbocycles. The molecule has 2 N–H and O–H groups in total. The van der Waals surface area contributed by atoms with Gasteiger partial charge in [-0.25, -0.2) is 14.0 Å². The van der Waals surface area contributed by atoms with Crippen LogP contribution in [0.4, 0.5) is 14.9 Å². The van der Waals surface area contributed by atoms with Crippen molar-refractivity contribution < 1.29 is 28.2 Å². The summed E-state index contributed by atoms with van der Waals surface area (Å²) < 4.78 is 26.7. The second kappa shape index (κ2) is 14.3. The molecule has 4 rings (SSSR count). The third-order valence-electron chi connectivity index (χ3n) is 7.85. The first kappa shape index (κ1) is 34.4. The van der Waals surface area contributed by atoms with Crippen LogP contribution in [0.2, 0.25) is 0 Å². The summed E-state index contributed by atoms with van der Waals surface area (Å²) in [6, 6.07) is 11.3. The van der Waals surface area contributed by atoms with E-state index in [-0.39, 0.29) is 35.4 Å². The molecule has 1 fully saturated rings. The maximum absolute atomic E-state index is 13.8. The van der Waals surface area contributed by atoms with Gasteiger partial charge in [0, 0.05) is 29.6 Å². The first-order valence-electron chi connectivity index (χ1n) is 15.8. The summed E-state index contributed by atoms with van der Waals surface area (Å²) in [5.74, 6) is -1.18. The molecule has 1 saturated carbocycles. The van der Waals surface area contributed by atoms with Gasteiger partial charge in [-0.05, 0) is 113 Å². The summed E-state index contributed by atoms with van der Waals surface area (Å²) in [5.41, 5.74) is 6.48. The highest BCUT2D eigenvalue weighted by molar-refractivity contribution is 6.09. The van der Waals surface area contributed by atoms with Crippen molar-refractivity contribution in [2.45, 2.75) is 97.9 Å². The molecule has 1 amide bonds. The van der Waals surface area contributed by atoms with Crippen LogP contribution in [0.1, 0.15) is 93.8 Å². The molecule has 3 aromatic rings. The molecule has 0 aliphatic heterocycles. The number of benzene rings is 2. The number of rotatable bonds is 10. The van der Waals surface area contributed by atoms with Gasteiger partial charge in [-0.1, -0.05) is 26.0 Å². The molecule has 0 radical (unpaired) electrons. The Hall–Kier alpha value is -4.47. The molecule has 1 aliphatic rings. The molecule has 10 heteroatoms. The highest BCUT2D eigenvalue weighted by Gasteiger charge is 2.36. The number of hydrogen-bond acceptors (Lipinski definition) is 7. The van der Waals surface area contributed by atoms with Gasteiger partial charge in [0.05, 0.1) is 5.69 Å². The first-order chi connectivity index (χ1) is 21.6. The summed E-state index contributed by atoms with van der Waals surface area (Å²) in [5, 5.41) is 0. The number of aromatic nitrogens is 1. The number of ether oxygens (including phenoxy) is 2. The Kier molecular flexibility index (Phi) is 10.7. The van der Waals surface area contributed by atoms with Crippen LogP contribution >= 0.6 is 0 Å². The maximum Gasteiger partial charge on any atom is 0.411 e. The molecule has 246 valence electrons. The number of nitrogen functional groups attached to an aromatic ring is 1. The Labute approximate surface area is 269 Å². The maximum atomic E-state index is 13.8. The van der Waals surface area contributed by atoms with E-state index in [0.717, 1.165) is 25.7 Å². The molecule has 0 spiro atoms. The van der Waals surface area contributed by atoms with Crippen molar-refractivity contribution in [1.29, 1.82) is 0 Å². The molecule has 0 bridgehead atoms. The number of nitrogens with zero attached hydrogens (tertiary/aromatic N) is 2. The zero-order valence-corrected chi connectivity index (χ0v) is 27.5. The fraction of sp³-hybridized carbons (Fsp3) is 0.444. The zero-order chi connectivity index (χ0) is 33.8. The first-order valence-corrected chi connectivity index (χ1v) is 15.8. The number of hydrogen-bond donors (Lipinski definition) is 1. The number of nitrogens with two attached hydrogens (primary N) is 1. The average molecular weight is 634 g/mol. The highest BCUT2D eigenvalue weighted by atomic mass is 19.1. The molecule has 9 nitrogen and oxygen atoms in total. The smallest absolute Gasteiger partial charge is 0.411 e. The van der Waals surface area contributed by atoms with Gasteiger partial charge in [0.1, 0.15) is 23.6 Å². The van der Waals surface area contributed by atoms with E-state index in [1.807, 2.05) is 13.8 Å². The van der Waals surface area contributed by atoms with E-state index in [0.29, 0.717) is 23.2 Å². The molecule has 1 aromatic heterocycles. The Morgan fingerprint density at radius 2 is 1.67 bits per heavy atom. The van der Waals surface area contributed by atoms with Crippen molar-refractivity contribution in [1.82, 2.24) is 9.47 Å². The van der Waals surface area contributed by atoms with Crippen molar-refractivity contribution >= 4 is 23.5 Å². The lowest BCUT2D eigenvalue weighted by atomic mass is 10.0. The van der Waals surface area contributed by atoms with Crippen molar-refractivity contribution in [2.75, 3.05) is 5.73 Å². The summed E-state index contributed by atoms with van der Waals surface area (Å²) >= 11 is 0. The lowest BCUT2D eigenvalue weighted by Crippen LogP contribution is -2.48. The Morgan fingerprint density at radius 1 is 1.02 bits per heavy atom. The Balaban J connectivity index is 1.64. The SMILES string of the molecule is Cc1cc(C(=O)c2cc(N)c(=O)n(-c3ccc(CN(C(=O)OC(C)(C)C)[C@@H](CC(C)C)C(=O)OC4CCCC4)cc3)c2)ccc1F. The van der Waals surface area contributed by atoms with E-state index >= 15 is 0 Å². The van der Waals surface area contributed by atoms with Crippen LogP contribution in [-0.2, 0) is 20.8 Å². The van der Waals surface area contributed by atoms with Gasteiger partial charge in [0.15, 0.2) is 5.78 Å². The molecule has 46 heavy (non-hydrogen) atoms. The lowest BCUT2D eigenvalue weighted by Gasteiger charge is -2.34. The Morgan fingerprint density at radius 3 is 2.26 bits per heavy atom. The number of amides is 1. The fourth-order valence-corrected chi connectivity index (χ4v) is 5.50. The average Bonchev–Trinajstić information content (AvgIpc) is 3.49. The number of carbonyl (C=O) groups is 3. The second-order valence-electron chi connectivity index (χ2n) is 13.4. The van der Waals surface area contributed by atoms with E-state index in [1.165, 1.54) is 39.9 Å². The van der Waals surface area contributed by atoms with Crippen LogP contribution in [0.15, 0.2) is 59.5 Å². The van der Waals surface area contributed by atoms with Crippen LogP contribution in [0.5, 0.6) is 0 Å².